The number of rotatable bonds is 28. The Kier molecular flexibility index (Phi) is 36.0. The van der Waals surface area contributed by atoms with Gasteiger partial charge in [0.1, 0.15) is 5.78 Å². The van der Waals surface area contributed by atoms with Gasteiger partial charge in [-0.25, -0.2) is 0 Å². The Balaban J connectivity index is 0. The summed E-state index contributed by atoms with van der Waals surface area (Å²) >= 11 is 1.63. The molecule has 0 fully saturated rings. The van der Waals surface area contributed by atoms with Crippen LogP contribution in [0.2, 0.25) is 0 Å². The van der Waals surface area contributed by atoms with Gasteiger partial charge in [0.25, 0.3) is 0 Å². The number of ether oxygens (including phenoxy) is 2. The van der Waals surface area contributed by atoms with Crippen molar-refractivity contribution in [2.24, 2.45) is 0 Å². The Morgan fingerprint density at radius 3 is 1.00 bits per heavy atom. The van der Waals surface area contributed by atoms with Crippen LogP contribution in [0.4, 0.5) is 0 Å². The number of ketones is 1. The smallest absolute Gasteiger partial charge is 0.306 e. The van der Waals surface area contributed by atoms with Crippen molar-refractivity contribution in [3.05, 3.63) is 0 Å². The van der Waals surface area contributed by atoms with Gasteiger partial charge in [-0.2, -0.15) is 11.8 Å². The third-order valence-corrected chi connectivity index (χ3v) is 7.41. The Bertz CT molecular complexity index is 494. The minimum Gasteiger partial charge on any atom is -0.466 e. The van der Waals surface area contributed by atoms with E-state index in [1.807, 2.05) is 0 Å². The van der Waals surface area contributed by atoms with Gasteiger partial charge in [-0.15, -0.1) is 0 Å². The molecule has 0 rings (SSSR count). The van der Waals surface area contributed by atoms with Crippen molar-refractivity contribution in [1.82, 2.24) is 0 Å². The monoisotopic (exact) mass is 572 g/mol. The van der Waals surface area contributed by atoms with E-state index in [-0.39, 0.29) is 17.7 Å². The maximum Gasteiger partial charge on any atom is 0.306 e. The highest BCUT2D eigenvalue weighted by molar-refractivity contribution is 7.99. The molecule has 5 nitrogen and oxygen atoms in total. The van der Waals surface area contributed by atoms with Crippen molar-refractivity contribution in [2.45, 2.75) is 169 Å². The molecule has 39 heavy (non-hydrogen) atoms. The maximum atomic E-state index is 11.8. The van der Waals surface area contributed by atoms with E-state index in [0.717, 1.165) is 25.7 Å². The Morgan fingerprint density at radius 2 is 0.718 bits per heavy atom. The molecule has 0 spiro atoms. The van der Waals surface area contributed by atoms with E-state index >= 15 is 0 Å². The SMILES string of the molecule is CC(C)=O.CCCCCCCCCCCCOC(=O)CCSCCC(=O)OCCCCCCCCCCCC. The molecule has 0 aromatic rings. The number of esters is 2. The minimum atomic E-state index is -0.114. The lowest BCUT2D eigenvalue weighted by molar-refractivity contribution is -0.144. The second-order valence-electron chi connectivity index (χ2n) is 10.8. The second kappa shape index (κ2) is 35.0. The van der Waals surface area contributed by atoms with Crippen molar-refractivity contribution >= 4 is 29.5 Å². The van der Waals surface area contributed by atoms with Gasteiger partial charge < -0.3 is 14.3 Å². The summed E-state index contributed by atoms with van der Waals surface area (Å²) in [4.78, 5) is 33.0. The van der Waals surface area contributed by atoms with Crippen molar-refractivity contribution in [3.8, 4) is 0 Å². The Hall–Kier alpha value is -1.04. The topological polar surface area (TPSA) is 69.7 Å². The predicted octanol–water partition coefficient (Wildman–Crippen LogP) is 10.0. The molecule has 6 heteroatoms. The van der Waals surface area contributed by atoms with E-state index in [0.29, 0.717) is 37.6 Å². The van der Waals surface area contributed by atoms with E-state index in [2.05, 4.69) is 13.8 Å². The molecule has 0 aliphatic rings. The summed E-state index contributed by atoms with van der Waals surface area (Å²) in [5.74, 6) is 1.36. The highest BCUT2D eigenvalue weighted by Crippen LogP contribution is 2.12. The first-order valence-corrected chi connectivity index (χ1v) is 17.5. The van der Waals surface area contributed by atoms with Crippen LogP contribution >= 0.6 is 11.8 Å². The highest BCUT2D eigenvalue weighted by Gasteiger charge is 2.06. The zero-order valence-corrected chi connectivity index (χ0v) is 27.2. The molecule has 0 saturated carbocycles. The Labute approximate surface area is 246 Å². The van der Waals surface area contributed by atoms with Crippen molar-refractivity contribution in [3.63, 3.8) is 0 Å². The molecule has 0 N–H and O–H groups in total. The van der Waals surface area contributed by atoms with Crippen LogP contribution in [0.1, 0.15) is 169 Å². The fourth-order valence-corrected chi connectivity index (χ4v) is 4.93. The van der Waals surface area contributed by atoms with Gasteiger partial charge in [-0.3, -0.25) is 9.59 Å². The van der Waals surface area contributed by atoms with Crippen LogP contribution in [0.25, 0.3) is 0 Å². The van der Waals surface area contributed by atoms with Crippen LogP contribution in [0.15, 0.2) is 0 Å². The van der Waals surface area contributed by atoms with Crippen LogP contribution < -0.4 is 0 Å². The van der Waals surface area contributed by atoms with E-state index in [4.69, 9.17) is 9.47 Å². The van der Waals surface area contributed by atoms with Gasteiger partial charge in [0.2, 0.25) is 0 Å². The quantitative estimate of drug-likeness (QED) is 0.0686. The number of unbranched alkanes of at least 4 members (excludes halogenated alkanes) is 18. The summed E-state index contributed by atoms with van der Waals surface area (Å²) in [6.07, 6.45) is 26.5. The standard InChI is InChI=1S/C30H58O4S.C3H6O/c1-3-5-7-9-11-13-15-17-19-21-25-33-29(31)23-27-35-28-24-30(32)34-26-22-20-18-16-14-12-10-8-6-4-2;1-3(2)4/h3-28H2,1-2H3;1-2H3. The molecule has 0 aliphatic carbocycles. The maximum absolute atomic E-state index is 11.8. The molecule has 0 aromatic heterocycles. The average molecular weight is 573 g/mol. The van der Waals surface area contributed by atoms with Crippen LogP contribution in [0, 0.1) is 0 Å². The van der Waals surface area contributed by atoms with E-state index in [9.17, 15) is 14.4 Å². The van der Waals surface area contributed by atoms with Crippen LogP contribution in [0.3, 0.4) is 0 Å². The molecule has 0 amide bonds. The molecule has 0 aliphatic heterocycles. The summed E-state index contributed by atoms with van der Waals surface area (Å²) in [6, 6.07) is 0. The summed E-state index contributed by atoms with van der Waals surface area (Å²) in [5, 5.41) is 0. The van der Waals surface area contributed by atoms with Crippen molar-refractivity contribution < 1.29 is 23.9 Å². The number of hydrogen-bond donors (Lipinski definition) is 0. The number of thioether (sulfide) groups is 1. The van der Waals surface area contributed by atoms with Crippen LogP contribution in [-0.4, -0.2) is 42.4 Å². The molecule has 0 radical (unpaired) electrons. The summed E-state index contributed by atoms with van der Waals surface area (Å²) in [6.45, 7) is 8.66. The van der Waals surface area contributed by atoms with Gasteiger partial charge >= 0.3 is 11.9 Å². The molecule has 0 aromatic carbocycles. The van der Waals surface area contributed by atoms with Gasteiger partial charge in [-0.05, 0) is 26.7 Å². The molecule has 232 valence electrons. The first kappa shape index (κ1) is 40.1. The zero-order valence-electron chi connectivity index (χ0n) is 26.3. The first-order valence-electron chi connectivity index (χ1n) is 16.3. The minimum absolute atomic E-state index is 0.114. The summed E-state index contributed by atoms with van der Waals surface area (Å²) in [7, 11) is 0. The first-order chi connectivity index (χ1) is 18.9. The van der Waals surface area contributed by atoms with E-state index < -0.39 is 0 Å². The third kappa shape index (κ3) is 41.6. The summed E-state index contributed by atoms with van der Waals surface area (Å²) in [5.41, 5.74) is 0. The highest BCUT2D eigenvalue weighted by atomic mass is 32.2. The lowest BCUT2D eigenvalue weighted by Crippen LogP contribution is -2.09. The zero-order chi connectivity index (χ0) is 29.2. The molecule has 0 heterocycles. The van der Waals surface area contributed by atoms with Gasteiger partial charge in [0, 0.05) is 11.5 Å². The van der Waals surface area contributed by atoms with Gasteiger partial charge in [0.15, 0.2) is 0 Å². The molecular weight excluding hydrogens is 508 g/mol. The van der Waals surface area contributed by atoms with Crippen molar-refractivity contribution in [2.75, 3.05) is 24.7 Å². The molecular formula is C33H64O5S. The number of carbonyl (C=O) groups is 3. The van der Waals surface area contributed by atoms with E-state index in [1.54, 1.807) is 11.8 Å². The molecule has 0 unspecified atom stereocenters. The third-order valence-electron chi connectivity index (χ3n) is 6.42. The number of hydrogen-bond acceptors (Lipinski definition) is 6. The fourth-order valence-electron chi connectivity index (χ4n) is 4.11. The van der Waals surface area contributed by atoms with E-state index in [1.165, 1.54) is 117 Å². The lowest BCUT2D eigenvalue weighted by Gasteiger charge is -2.06. The second-order valence-corrected chi connectivity index (χ2v) is 12.1. The molecule has 0 bridgehead atoms. The average Bonchev–Trinajstić information content (AvgIpc) is 2.90. The number of carbonyl (C=O) groups excluding carboxylic acids is 3. The molecule has 0 atom stereocenters. The van der Waals surface area contributed by atoms with Gasteiger partial charge in [-0.1, -0.05) is 129 Å². The van der Waals surface area contributed by atoms with Crippen LogP contribution in [0.5, 0.6) is 0 Å². The van der Waals surface area contributed by atoms with Crippen LogP contribution in [-0.2, 0) is 23.9 Å². The van der Waals surface area contributed by atoms with Gasteiger partial charge in [0.05, 0.1) is 26.1 Å². The molecule has 0 saturated heterocycles. The fraction of sp³-hybridized carbons (Fsp3) is 0.909. The lowest BCUT2D eigenvalue weighted by atomic mass is 10.1. The van der Waals surface area contributed by atoms with Crippen molar-refractivity contribution in [1.29, 1.82) is 0 Å². The Morgan fingerprint density at radius 1 is 0.462 bits per heavy atom. The largest absolute Gasteiger partial charge is 0.466 e. The predicted molar refractivity (Wildman–Crippen MR) is 169 cm³/mol. The number of Topliss-reactive ketones (excluding diaryl/α,β-unsaturated/α-hetero) is 1. The normalized spacial score (nSPS) is 10.6. The summed E-state index contributed by atoms with van der Waals surface area (Å²) < 4.78 is 10.6.